The van der Waals surface area contributed by atoms with Gasteiger partial charge >= 0.3 is 0 Å². The minimum absolute atomic E-state index is 0.0294. The van der Waals surface area contributed by atoms with Crippen molar-refractivity contribution < 1.29 is 18.0 Å². The fraction of sp³-hybridized carbons (Fsp3) is 0.125. The van der Waals surface area contributed by atoms with Crippen LogP contribution in [-0.4, -0.2) is 40.4 Å². The Hall–Kier alpha value is -4.93. The van der Waals surface area contributed by atoms with Gasteiger partial charge in [0.25, 0.3) is 15.9 Å². The third-order valence-electron chi connectivity index (χ3n) is 6.80. The number of likely N-dealkylation sites (N-methyl/N-ethyl adjacent to an activating group) is 1. The molecule has 0 aliphatic carbocycles. The van der Waals surface area contributed by atoms with Crippen molar-refractivity contribution in [2.24, 2.45) is 0 Å². The van der Waals surface area contributed by atoms with Gasteiger partial charge in [0, 0.05) is 48.3 Å². The summed E-state index contributed by atoms with van der Waals surface area (Å²) in [6, 6.07) is 29.9. The van der Waals surface area contributed by atoms with Crippen LogP contribution in [0.15, 0.2) is 108 Å². The summed E-state index contributed by atoms with van der Waals surface area (Å²) >= 11 is 0. The normalized spacial score (nSPS) is 13.6. The zero-order valence-electron chi connectivity index (χ0n) is 23.2. The number of benzene rings is 4. The molecule has 0 aromatic heterocycles. The quantitative estimate of drug-likeness (QED) is 0.196. The van der Waals surface area contributed by atoms with Gasteiger partial charge in [-0.05, 0) is 67.2 Å². The lowest BCUT2D eigenvalue weighted by Crippen LogP contribution is -2.34. The molecule has 0 fully saturated rings. The van der Waals surface area contributed by atoms with E-state index in [4.69, 9.17) is 0 Å². The molecule has 0 saturated heterocycles. The van der Waals surface area contributed by atoms with E-state index >= 15 is 0 Å². The summed E-state index contributed by atoms with van der Waals surface area (Å²) < 4.78 is 29.1. The number of amides is 2. The van der Waals surface area contributed by atoms with Crippen molar-refractivity contribution in [1.29, 1.82) is 0 Å². The van der Waals surface area contributed by atoms with Crippen LogP contribution in [0.3, 0.4) is 0 Å². The predicted octanol–water partition coefficient (Wildman–Crippen LogP) is 4.99. The van der Waals surface area contributed by atoms with Gasteiger partial charge < -0.3 is 20.9 Å². The number of fused-ring (bicyclic) bond motifs is 1. The summed E-state index contributed by atoms with van der Waals surface area (Å²) in [6.07, 6.45) is 0. The molecule has 1 aliphatic rings. The van der Waals surface area contributed by atoms with E-state index in [1.807, 2.05) is 61.6 Å². The monoisotopic (exact) mass is 581 g/mol. The number of para-hydroxylation sites is 1. The SMILES string of the molecule is CNCCN(C(C)=O)c1ccc(N/C(=C2\C(=O)Nc3ccc(S(=O)(=O)Nc4ccccc4)cc32)c2ccccc2)cc1. The first kappa shape index (κ1) is 28.6. The highest BCUT2D eigenvalue weighted by Crippen LogP contribution is 2.39. The van der Waals surface area contributed by atoms with E-state index in [-0.39, 0.29) is 16.7 Å². The summed E-state index contributed by atoms with van der Waals surface area (Å²) in [5.41, 5.74) is 4.44. The Kier molecular flexibility index (Phi) is 8.37. The van der Waals surface area contributed by atoms with Gasteiger partial charge in [0.1, 0.15) is 0 Å². The molecule has 5 rings (SSSR count). The van der Waals surface area contributed by atoms with Gasteiger partial charge in [0.2, 0.25) is 5.91 Å². The predicted molar refractivity (Wildman–Crippen MR) is 168 cm³/mol. The molecule has 2 amide bonds. The second-order valence-corrected chi connectivity index (χ2v) is 11.4. The molecular formula is C32H31N5O4S. The summed E-state index contributed by atoms with van der Waals surface area (Å²) in [5, 5.41) is 9.30. The molecule has 0 atom stereocenters. The van der Waals surface area contributed by atoms with Gasteiger partial charge in [-0.3, -0.25) is 14.3 Å². The van der Waals surface area contributed by atoms with Crippen LogP contribution in [0.2, 0.25) is 0 Å². The second kappa shape index (κ2) is 12.3. The molecule has 1 aliphatic heterocycles. The molecule has 42 heavy (non-hydrogen) atoms. The average Bonchev–Trinajstić information content (AvgIpc) is 3.32. The fourth-order valence-electron chi connectivity index (χ4n) is 4.73. The molecule has 0 unspecified atom stereocenters. The van der Waals surface area contributed by atoms with Gasteiger partial charge in [-0.2, -0.15) is 0 Å². The van der Waals surface area contributed by atoms with E-state index in [9.17, 15) is 18.0 Å². The summed E-state index contributed by atoms with van der Waals surface area (Å²) in [6.45, 7) is 2.70. The zero-order valence-corrected chi connectivity index (χ0v) is 24.0. The fourth-order valence-corrected chi connectivity index (χ4v) is 5.81. The highest BCUT2D eigenvalue weighted by atomic mass is 32.2. The largest absolute Gasteiger partial charge is 0.354 e. The van der Waals surface area contributed by atoms with E-state index < -0.39 is 10.0 Å². The lowest BCUT2D eigenvalue weighted by Gasteiger charge is -2.22. The maximum absolute atomic E-state index is 13.4. The van der Waals surface area contributed by atoms with Crippen LogP contribution < -0.4 is 25.6 Å². The van der Waals surface area contributed by atoms with Crippen LogP contribution in [0, 0.1) is 0 Å². The Bertz CT molecular complexity index is 1740. The number of nitrogens with one attached hydrogen (secondary N) is 4. The van der Waals surface area contributed by atoms with Crippen molar-refractivity contribution >= 4 is 55.9 Å². The van der Waals surface area contributed by atoms with Gasteiger partial charge in [0.05, 0.1) is 16.2 Å². The molecule has 4 N–H and O–H groups in total. The van der Waals surface area contributed by atoms with E-state index in [1.165, 1.54) is 19.1 Å². The third kappa shape index (κ3) is 6.19. The first-order valence-electron chi connectivity index (χ1n) is 13.4. The number of carbonyl (C=O) groups excluding carboxylic acids is 2. The first-order valence-corrected chi connectivity index (χ1v) is 14.9. The third-order valence-corrected chi connectivity index (χ3v) is 8.18. The van der Waals surface area contributed by atoms with Crippen molar-refractivity contribution in [1.82, 2.24) is 5.32 Å². The highest BCUT2D eigenvalue weighted by molar-refractivity contribution is 7.92. The van der Waals surface area contributed by atoms with Gasteiger partial charge in [-0.25, -0.2) is 8.42 Å². The van der Waals surface area contributed by atoms with Crippen LogP contribution >= 0.6 is 0 Å². The number of rotatable bonds is 10. The van der Waals surface area contributed by atoms with Gasteiger partial charge in [-0.1, -0.05) is 48.5 Å². The second-order valence-electron chi connectivity index (χ2n) is 9.70. The molecule has 1 heterocycles. The molecule has 0 saturated carbocycles. The van der Waals surface area contributed by atoms with E-state index in [2.05, 4.69) is 20.7 Å². The van der Waals surface area contributed by atoms with E-state index in [0.29, 0.717) is 47.0 Å². The lowest BCUT2D eigenvalue weighted by molar-refractivity contribution is -0.116. The van der Waals surface area contributed by atoms with Gasteiger partial charge in [-0.15, -0.1) is 0 Å². The number of nitrogens with zero attached hydrogens (tertiary/aromatic N) is 1. The van der Waals surface area contributed by atoms with Crippen LogP contribution in [0.1, 0.15) is 18.1 Å². The van der Waals surface area contributed by atoms with Crippen LogP contribution in [0.4, 0.5) is 22.7 Å². The Morgan fingerprint density at radius 1 is 0.857 bits per heavy atom. The Balaban J connectivity index is 1.55. The number of sulfonamides is 1. The molecule has 4 aromatic carbocycles. The Morgan fingerprint density at radius 3 is 2.17 bits per heavy atom. The smallest absolute Gasteiger partial charge is 0.261 e. The van der Waals surface area contributed by atoms with Crippen molar-refractivity contribution in [3.05, 3.63) is 114 Å². The number of hydrogen-bond donors (Lipinski definition) is 4. The minimum Gasteiger partial charge on any atom is -0.354 e. The summed E-state index contributed by atoms with van der Waals surface area (Å²) in [4.78, 5) is 27.3. The highest BCUT2D eigenvalue weighted by Gasteiger charge is 2.30. The number of carbonyl (C=O) groups is 2. The molecule has 0 radical (unpaired) electrons. The van der Waals surface area contributed by atoms with Crippen molar-refractivity contribution in [2.45, 2.75) is 11.8 Å². The van der Waals surface area contributed by atoms with Crippen LogP contribution in [0.25, 0.3) is 11.3 Å². The first-order chi connectivity index (χ1) is 20.3. The maximum Gasteiger partial charge on any atom is 0.261 e. The summed E-state index contributed by atoms with van der Waals surface area (Å²) in [5.74, 6) is -0.418. The summed E-state index contributed by atoms with van der Waals surface area (Å²) in [7, 11) is -2.09. The number of anilines is 4. The van der Waals surface area contributed by atoms with E-state index in [0.717, 1.165) is 11.3 Å². The lowest BCUT2D eigenvalue weighted by atomic mass is 10.00. The zero-order chi connectivity index (χ0) is 29.7. The van der Waals surface area contributed by atoms with Crippen molar-refractivity contribution in [3.8, 4) is 0 Å². The Morgan fingerprint density at radius 2 is 1.52 bits per heavy atom. The topological polar surface area (TPSA) is 120 Å². The average molecular weight is 582 g/mol. The molecule has 0 spiro atoms. The Labute approximate surface area is 245 Å². The molecule has 9 nitrogen and oxygen atoms in total. The molecule has 0 bridgehead atoms. The van der Waals surface area contributed by atoms with Gasteiger partial charge in [0.15, 0.2) is 0 Å². The van der Waals surface area contributed by atoms with E-state index in [1.54, 1.807) is 41.3 Å². The standard InChI is InChI=1S/C32H31N5O4S/c1-22(38)37(20-19-33-2)26-15-13-24(14-16-26)34-31(23-9-5-3-6-10-23)30-28-21-27(17-18-29(28)35-32(30)39)42(40,41)36-25-11-7-4-8-12-25/h3-18,21,33-34,36H,19-20H2,1-2H3,(H,35,39)/b31-30-. The molecular weight excluding hydrogens is 550 g/mol. The van der Waals surface area contributed by atoms with Crippen molar-refractivity contribution in [2.75, 3.05) is 40.4 Å². The van der Waals surface area contributed by atoms with Crippen LogP contribution in [-0.2, 0) is 19.6 Å². The van der Waals surface area contributed by atoms with Crippen LogP contribution in [0.5, 0.6) is 0 Å². The minimum atomic E-state index is -3.92. The molecule has 214 valence electrons. The maximum atomic E-state index is 13.4. The molecule has 4 aromatic rings. The molecule has 10 heteroatoms. The van der Waals surface area contributed by atoms with Crippen molar-refractivity contribution in [3.63, 3.8) is 0 Å². The number of hydrogen-bond acceptors (Lipinski definition) is 6.